The van der Waals surface area contributed by atoms with Crippen LogP contribution in [-0.2, 0) is 0 Å². The van der Waals surface area contributed by atoms with Gasteiger partial charge in [-0.3, -0.25) is 10.1 Å². The Morgan fingerprint density at radius 3 is 1.89 bits per heavy atom. The third kappa shape index (κ3) is 1.56. The van der Waals surface area contributed by atoms with Crippen molar-refractivity contribution < 1.29 is 4.92 Å². The lowest BCUT2D eigenvalue weighted by Gasteiger charge is -2.07. The molecule has 0 amide bonds. The molecule has 0 atom stereocenters. The molecule has 0 N–H and O–H groups in total. The van der Waals surface area contributed by atoms with Gasteiger partial charge in [-0.05, 0) is 0 Å². The van der Waals surface area contributed by atoms with E-state index >= 15 is 0 Å². The average molecular weight is 245 g/mol. The van der Waals surface area contributed by atoms with Gasteiger partial charge in [-0.2, -0.15) is 20.5 Å². The SMILES string of the molecule is O=[N+]([O-])C1C(C2=CN=NC2)=NN=C1C1=CN=NC1. The first-order valence-electron chi connectivity index (χ1n) is 5.18. The van der Waals surface area contributed by atoms with Crippen molar-refractivity contribution in [1.29, 1.82) is 0 Å². The van der Waals surface area contributed by atoms with E-state index in [1.54, 1.807) is 0 Å². The van der Waals surface area contributed by atoms with Crippen LogP contribution in [0.2, 0.25) is 0 Å². The molecule has 0 aromatic carbocycles. The highest BCUT2D eigenvalue weighted by Gasteiger charge is 2.41. The molecule has 0 aliphatic carbocycles. The van der Waals surface area contributed by atoms with Gasteiger partial charge in [0.2, 0.25) is 0 Å². The number of hydrogen-bond acceptors (Lipinski definition) is 8. The van der Waals surface area contributed by atoms with E-state index in [0.29, 0.717) is 35.7 Å². The Balaban J connectivity index is 1.90. The first-order valence-corrected chi connectivity index (χ1v) is 5.18. The quantitative estimate of drug-likeness (QED) is 0.547. The Labute approximate surface area is 101 Å². The molecule has 3 heterocycles. The molecule has 9 nitrogen and oxygen atoms in total. The van der Waals surface area contributed by atoms with Gasteiger partial charge in [0, 0.05) is 16.1 Å². The van der Waals surface area contributed by atoms with E-state index in [1.165, 1.54) is 12.4 Å². The smallest absolute Gasteiger partial charge is 0.263 e. The summed E-state index contributed by atoms with van der Waals surface area (Å²) >= 11 is 0. The van der Waals surface area contributed by atoms with Crippen LogP contribution in [0.1, 0.15) is 0 Å². The highest BCUT2D eigenvalue weighted by Crippen LogP contribution is 2.22. The van der Waals surface area contributed by atoms with Crippen molar-refractivity contribution in [2.24, 2.45) is 30.7 Å². The van der Waals surface area contributed by atoms with Crippen molar-refractivity contribution >= 4 is 11.4 Å². The fraction of sp³-hybridized carbons (Fsp3) is 0.333. The van der Waals surface area contributed by atoms with Crippen LogP contribution in [-0.4, -0.2) is 35.5 Å². The predicted molar refractivity (Wildman–Crippen MR) is 61.3 cm³/mol. The summed E-state index contributed by atoms with van der Waals surface area (Å²) in [5.41, 5.74) is 1.85. The number of rotatable bonds is 3. The van der Waals surface area contributed by atoms with Crippen molar-refractivity contribution in [3.05, 3.63) is 33.7 Å². The monoisotopic (exact) mass is 245 g/mol. The minimum atomic E-state index is -1.07. The topological polar surface area (TPSA) is 117 Å². The normalized spacial score (nSPS) is 22.0. The number of hydrogen-bond donors (Lipinski definition) is 0. The molecule has 0 bridgehead atoms. The van der Waals surface area contributed by atoms with Gasteiger partial charge in [-0.25, -0.2) is 0 Å². The van der Waals surface area contributed by atoms with Gasteiger partial charge in [0.15, 0.2) is 0 Å². The zero-order valence-corrected chi connectivity index (χ0v) is 9.09. The molecule has 18 heavy (non-hydrogen) atoms. The standard InChI is InChI=1S/C9H7N7O2/c17-16(18)9-7(5-1-10-11-2-5)14-15-8(9)6-3-12-13-4-6/h1,3,9H,2,4H2. The first-order chi connectivity index (χ1) is 8.77. The zero-order valence-electron chi connectivity index (χ0n) is 9.09. The molecule has 0 saturated heterocycles. The predicted octanol–water partition coefficient (Wildman–Crippen LogP) is 1.14. The van der Waals surface area contributed by atoms with E-state index in [4.69, 9.17) is 0 Å². The average Bonchev–Trinajstić information content (AvgIpc) is 3.10. The number of nitro groups is 1. The molecule has 0 radical (unpaired) electrons. The highest BCUT2D eigenvalue weighted by molar-refractivity contribution is 6.25. The molecule has 0 saturated carbocycles. The fourth-order valence-corrected chi connectivity index (χ4v) is 1.86. The van der Waals surface area contributed by atoms with Crippen molar-refractivity contribution in [3.8, 4) is 0 Å². The van der Waals surface area contributed by atoms with Gasteiger partial charge in [0.25, 0.3) is 0 Å². The van der Waals surface area contributed by atoms with E-state index in [2.05, 4.69) is 30.7 Å². The lowest BCUT2D eigenvalue weighted by Crippen LogP contribution is -2.37. The van der Waals surface area contributed by atoms with Crippen molar-refractivity contribution in [1.82, 2.24) is 0 Å². The van der Waals surface area contributed by atoms with Gasteiger partial charge < -0.3 is 0 Å². The molecule has 0 aromatic heterocycles. The third-order valence-electron chi connectivity index (χ3n) is 2.72. The molecule has 0 aromatic rings. The number of nitrogens with zero attached hydrogens (tertiary/aromatic N) is 7. The second-order valence-corrected chi connectivity index (χ2v) is 3.80. The lowest BCUT2D eigenvalue weighted by atomic mass is 9.97. The van der Waals surface area contributed by atoms with Crippen LogP contribution >= 0.6 is 0 Å². The van der Waals surface area contributed by atoms with E-state index in [-0.39, 0.29) is 0 Å². The van der Waals surface area contributed by atoms with Crippen LogP contribution in [0.4, 0.5) is 0 Å². The van der Waals surface area contributed by atoms with Crippen LogP contribution in [0.25, 0.3) is 0 Å². The lowest BCUT2D eigenvalue weighted by molar-refractivity contribution is -0.483. The summed E-state index contributed by atoms with van der Waals surface area (Å²) in [5.74, 6) is 0. The molecular formula is C9H7N7O2. The summed E-state index contributed by atoms with van der Waals surface area (Å²) in [5, 5.41) is 33.9. The molecule has 9 heteroatoms. The first kappa shape index (κ1) is 10.6. The van der Waals surface area contributed by atoms with E-state index < -0.39 is 11.0 Å². The summed E-state index contributed by atoms with van der Waals surface area (Å²) < 4.78 is 0. The van der Waals surface area contributed by atoms with E-state index in [9.17, 15) is 10.1 Å². The van der Waals surface area contributed by atoms with Crippen molar-refractivity contribution in [2.75, 3.05) is 13.1 Å². The van der Waals surface area contributed by atoms with Crippen LogP contribution in [0.15, 0.2) is 54.2 Å². The summed E-state index contributed by atoms with van der Waals surface area (Å²) in [6.07, 6.45) is 2.96. The molecule has 0 unspecified atom stereocenters. The van der Waals surface area contributed by atoms with Crippen molar-refractivity contribution in [3.63, 3.8) is 0 Å². The maximum absolute atomic E-state index is 11.2. The summed E-state index contributed by atoms with van der Waals surface area (Å²) in [6.45, 7) is 0.611. The Hall–Kier alpha value is -2.58. The summed E-state index contributed by atoms with van der Waals surface area (Å²) in [7, 11) is 0. The molecule has 90 valence electrons. The molecular weight excluding hydrogens is 238 g/mol. The fourth-order valence-electron chi connectivity index (χ4n) is 1.86. The number of azo groups is 2. The largest absolute Gasteiger partial charge is 0.300 e. The minimum absolute atomic E-state index is 0.299. The van der Waals surface area contributed by atoms with Gasteiger partial charge in [-0.15, -0.1) is 10.2 Å². The summed E-state index contributed by atoms with van der Waals surface area (Å²) in [4.78, 5) is 10.8. The van der Waals surface area contributed by atoms with Gasteiger partial charge in [0.05, 0.1) is 25.5 Å². The second-order valence-electron chi connectivity index (χ2n) is 3.80. The molecule has 3 aliphatic heterocycles. The van der Waals surface area contributed by atoms with Crippen LogP contribution in [0.3, 0.4) is 0 Å². The minimum Gasteiger partial charge on any atom is -0.263 e. The van der Waals surface area contributed by atoms with Crippen LogP contribution in [0.5, 0.6) is 0 Å². The molecule has 0 fully saturated rings. The Morgan fingerprint density at radius 1 is 1.06 bits per heavy atom. The maximum Gasteiger partial charge on any atom is 0.300 e. The van der Waals surface area contributed by atoms with Gasteiger partial charge in [0.1, 0.15) is 11.4 Å². The van der Waals surface area contributed by atoms with Gasteiger partial charge in [-0.1, -0.05) is 0 Å². The third-order valence-corrected chi connectivity index (χ3v) is 2.72. The van der Waals surface area contributed by atoms with Crippen LogP contribution in [0, 0.1) is 10.1 Å². The van der Waals surface area contributed by atoms with E-state index in [0.717, 1.165) is 0 Å². The zero-order chi connectivity index (χ0) is 12.5. The molecule has 3 rings (SSSR count). The Morgan fingerprint density at radius 2 is 1.56 bits per heavy atom. The molecule has 0 spiro atoms. The second kappa shape index (κ2) is 4.02. The highest BCUT2D eigenvalue weighted by atomic mass is 16.6. The van der Waals surface area contributed by atoms with E-state index in [1.807, 2.05) is 0 Å². The maximum atomic E-state index is 11.2. The Kier molecular flexibility index (Phi) is 2.36. The van der Waals surface area contributed by atoms with Crippen molar-refractivity contribution in [2.45, 2.75) is 6.04 Å². The van der Waals surface area contributed by atoms with Crippen LogP contribution < -0.4 is 0 Å². The van der Waals surface area contributed by atoms with Gasteiger partial charge >= 0.3 is 6.04 Å². The Bertz CT molecular complexity index is 550. The summed E-state index contributed by atoms with van der Waals surface area (Å²) in [6, 6.07) is -1.07. The molecule has 3 aliphatic rings.